The number of carbonyl (C=O) groups excluding carboxylic acids is 1. The molecule has 0 saturated carbocycles. The molecule has 3 aromatic rings. The highest BCUT2D eigenvalue weighted by atomic mass is 16.5. The van der Waals surface area contributed by atoms with Gasteiger partial charge >= 0.3 is 0 Å². The van der Waals surface area contributed by atoms with Crippen LogP contribution >= 0.6 is 0 Å². The van der Waals surface area contributed by atoms with Gasteiger partial charge in [0.25, 0.3) is 5.91 Å². The Balaban J connectivity index is 1.72. The average molecular weight is 391 g/mol. The Morgan fingerprint density at radius 3 is 2.48 bits per heavy atom. The summed E-state index contributed by atoms with van der Waals surface area (Å²) in [5.74, 6) is 1.75. The van der Waals surface area contributed by atoms with Gasteiger partial charge in [0.15, 0.2) is 0 Å². The zero-order valence-corrected chi connectivity index (χ0v) is 17.0. The van der Waals surface area contributed by atoms with E-state index in [1.165, 1.54) is 0 Å². The van der Waals surface area contributed by atoms with E-state index in [1.54, 1.807) is 25.4 Å². The van der Waals surface area contributed by atoms with E-state index in [2.05, 4.69) is 15.6 Å². The molecule has 1 amide bonds. The predicted molar refractivity (Wildman–Crippen MR) is 115 cm³/mol. The highest BCUT2D eigenvalue weighted by molar-refractivity contribution is 6.05. The molecule has 150 valence electrons. The first-order valence-electron chi connectivity index (χ1n) is 9.40. The number of nitrogens with one attached hydrogen (secondary N) is 2. The second-order valence-corrected chi connectivity index (χ2v) is 6.90. The van der Waals surface area contributed by atoms with E-state index in [-0.39, 0.29) is 12.0 Å². The molecule has 0 aliphatic carbocycles. The molecule has 0 spiro atoms. The van der Waals surface area contributed by atoms with Gasteiger partial charge in [0.05, 0.1) is 18.9 Å². The monoisotopic (exact) mass is 391 g/mol. The summed E-state index contributed by atoms with van der Waals surface area (Å²) in [6, 6.07) is 16.6. The lowest BCUT2D eigenvalue weighted by atomic mass is 10.2. The second-order valence-electron chi connectivity index (χ2n) is 6.90. The number of anilines is 3. The molecule has 6 nitrogen and oxygen atoms in total. The summed E-state index contributed by atoms with van der Waals surface area (Å²) in [7, 11) is 1.58. The maximum Gasteiger partial charge on any atom is 0.255 e. The van der Waals surface area contributed by atoms with Crippen LogP contribution in [0.25, 0.3) is 0 Å². The number of ether oxygens (including phenoxy) is 2. The molecule has 0 aliphatic heterocycles. The zero-order chi connectivity index (χ0) is 20.8. The summed E-state index contributed by atoms with van der Waals surface area (Å²) in [6.07, 6.45) is 1.72. The van der Waals surface area contributed by atoms with Crippen molar-refractivity contribution in [3.63, 3.8) is 0 Å². The van der Waals surface area contributed by atoms with Crippen molar-refractivity contribution in [1.82, 2.24) is 4.98 Å². The van der Waals surface area contributed by atoms with Crippen molar-refractivity contribution >= 4 is 23.1 Å². The van der Waals surface area contributed by atoms with Gasteiger partial charge in [0, 0.05) is 17.4 Å². The summed E-state index contributed by atoms with van der Waals surface area (Å²) in [5, 5.41) is 6.10. The van der Waals surface area contributed by atoms with Gasteiger partial charge in [0.1, 0.15) is 17.3 Å². The quantitative estimate of drug-likeness (QED) is 0.580. The predicted octanol–water partition coefficient (Wildman–Crippen LogP) is 5.18. The maximum absolute atomic E-state index is 12.7. The summed E-state index contributed by atoms with van der Waals surface area (Å²) >= 11 is 0. The Labute approximate surface area is 170 Å². The van der Waals surface area contributed by atoms with Crippen LogP contribution < -0.4 is 20.1 Å². The summed E-state index contributed by atoms with van der Waals surface area (Å²) < 4.78 is 11.0. The van der Waals surface area contributed by atoms with Crippen LogP contribution in [0.1, 0.15) is 29.8 Å². The number of hydrogen-bond acceptors (Lipinski definition) is 5. The third-order valence-electron chi connectivity index (χ3n) is 4.12. The fourth-order valence-electron chi connectivity index (χ4n) is 2.79. The van der Waals surface area contributed by atoms with Crippen molar-refractivity contribution < 1.29 is 14.3 Å². The van der Waals surface area contributed by atoms with Crippen molar-refractivity contribution in [1.29, 1.82) is 0 Å². The molecule has 29 heavy (non-hydrogen) atoms. The number of aryl methyl sites for hydroxylation is 1. The van der Waals surface area contributed by atoms with Crippen molar-refractivity contribution in [3.8, 4) is 11.5 Å². The summed E-state index contributed by atoms with van der Waals surface area (Å²) in [6.45, 7) is 5.93. The lowest BCUT2D eigenvalue weighted by Gasteiger charge is -2.12. The third-order valence-corrected chi connectivity index (χ3v) is 4.12. The first-order valence-corrected chi connectivity index (χ1v) is 9.40. The number of benzene rings is 2. The summed E-state index contributed by atoms with van der Waals surface area (Å²) in [5.41, 5.74) is 3.00. The summed E-state index contributed by atoms with van der Waals surface area (Å²) in [4.78, 5) is 17.0. The van der Waals surface area contributed by atoms with E-state index in [9.17, 15) is 4.79 Å². The molecule has 0 atom stereocenters. The number of aromatic nitrogens is 1. The maximum atomic E-state index is 12.7. The number of hydrogen-bond donors (Lipinski definition) is 2. The van der Waals surface area contributed by atoms with Crippen LogP contribution in [0.3, 0.4) is 0 Å². The number of rotatable bonds is 7. The van der Waals surface area contributed by atoms with Gasteiger partial charge in [-0.2, -0.15) is 0 Å². The molecule has 0 aliphatic rings. The standard InChI is InChI=1S/C23H25N3O3/c1-15(2)29-19-8-6-18(7-9-19)25-22-14-17(11-12-24-22)23(27)26-20-13-16(3)5-10-21(20)28-4/h5-15H,1-4H3,(H,24,25)(H,26,27). The average Bonchev–Trinajstić information content (AvgIpc) is 2.69. The molecular formula is C23H25N3O3. The minimum absolute atomic E-state index is 0.123. The molecule has 0 unspecified atom stereocenters. The fourth-order valence-corrected chi connectivity index (χ4v) is 2.79. The van der Waals surface area contributed by atoms with E-state index in [0.717, 1.165) is 17.0 Å². The van der Waals surface area contributed by atoms with Gasteiger partial charge in [-0.1, -0.05) is 6.07 Å². The fraction of sp³-hybridized carbons (Fsp3) is 0.217. The van der Waals surface area contributed by atoms with E-state index in [4.69, 9.17) is 9.47 Å². The van der Waals surface area contributed by atoms with Gasteiger partial charge in [-0.05, 0) is 74.9 Å². The van der Waals surface area contributed by atoms with Crippen LogP contribution in [0.5, 0.6) is 11.5 Å². The largest absolute Gasteiger partial charge is 0.495 e. The molecule has 2 N–H and O–H groups in total. The molecule has 1 aromatic heterocycles. The van der Waals surface area contributed by atoms with Crippen LogP contribution in [0.2, 0.25) is 0 Å². The van der Waals surface area contributed by atoms with Crippen molar-refractivity contribution in [2.45, 2.75) is 26.9 Å². The normalized spacial score (nSPS) is 10.5. The Hall–Kier alpha value is -3.54. The Morgan fingerprint density at radius 1 is 1.03 bits per heavy atom. The topological polar surface area (TPSA) is 72.5 Å². The van der Waals surface area contributed by atoms with Crippen molar-refractivity contribution in [2.75, 3.05) is 17.7 Å². The van der Waals surface area contributed by atoms with Gasteiger partial charge in [-0.15, -0.1) is 0 Å². The Bertz CT molecular complexity index is 985. The zero-order valence-electron chi connectivity index (χ0n) is 17.0. The molecule has 0 fully saturated rings. The number of methoxy groups -OCH3 is 1. The molecule has 0 bridgehead atoms. The van der Waals surface area contributed by atoms with Crippen LogP contribution in [-0.2, 0) is 0 Å². The molecule has 3 rings (SSSR count). The van der Waals surface area contributed by atoms with E-state index < -0.39 is 0 Å². The van der Waals surface area contributed by atoms with Crippen LogP contribution in [0, 0.1) is 6.92 Å². The SMILES string of the molecule is COc1ccc(C)cc1NC(=O)c1ccnc(Nc2ccc(OC(C)C)cc2)c1. The number of pyridine rings is 1. The van der Waals surface area contributed by atoms with Crippen LogP contribution in [-0.4, -0.2) is 24.1 Å². The van der Waals surface area contributed by atoms with Gasteiger partial charge in [-0.3, -0.25) is 4.79 Å². The van der Waals surface area contributed by atoms with Gasteiger partial charge in [0.2, 0.25) is 0 Å². The Kier molecular flexibility index (Phi) is 6.34. The first kappa shape index (κ1) is 20.2. The van der Waals surface area contributed by atoms with Crippen molar-refractivity contribution in [3.05, 3.63) is 71.9 Å². The van der Waals surface area contributed by atoms with E-state index in [0.29, 0.717) is 22.8 Å². The van der Waals surface area contributed by atoms with E-state index in [1.807, 2.05) is 63.2 Å². The van der Waals surface area contributed by atoms with Gasteiger partial charge in [-0.25, -0.2) is 4.98 Å². The second kappa shape index (κ2) is 9.10. The molecule has 1 heterocycles. The minimum atomic E-state index is -0.236. The highest BCUT2D eigenvalue weighted by Crippen LogP contribution is 2.26. The van der Waals surface area contributed by atoms with Gasteiger partial charge < -0.3 is 20.1 Å². The number of carbonyl (C=O) groups is 1. The van der Waals surface area contributed by atoms with Crippen LogP contribution in [0.4, 0.5) is 17.2 Å². The number of amides is 1. The lowest BCUT2D eigenvalue weighted by Crippen LogP contribution is -2.13. The van der Waals surface area contributed by atoms with E-state index >= 15 is 0 Å². The van der Waals surface area contributed by atoms with Crippen LogP contribution in [0.15, 0.2) is 60.8 Å². The molecule has 0 saturated heterocycles. The molecule has 6 heteroatoms. The molecule has 2 aromatic carbocycles. The molecular weight excluding hydrogens is 366 g/mol. The molecule has 0 radical (unpaired) electrons. The minimum Gasteiger partial charge on any atom is -0.495 e. The Morgan fingerprint density at radius 2 is 1.79 bits per heavy atom. The first-order chi connectivity index (χ1) is 13.9. The smallest absolute Gasteiger partial charge is 0.255 e. The number of nitrogens with zero attached hydrogens (tertiary/aromatic N) is 1. The van der Waals surface area contributed by atoms with Crippen molar-refractivity contribution in [2.24, 2.45) is 0 Å². The lowest BCUT2D eigenvalue weighted by molar-refractivity contribution is 0.102. The third kappa shape index (κ3) is 5.48. The highest BCUT2D eigenvalue weighted by Gasteiger charge is 2.11.